The van der Waals surface area contributed by atoms with Gasteiger partial charge in [-0.3, -0.25) is 0 Å². The molecular weight excluding hydrogens is 604 g/mol. The van der Waals surface area contributed by atoms with Crippen LogP contribution in [-0.4, -0.2) is 111 Å². The molecule has 13 nitrogen and oxygen atoms in total. The minimum atomic E-state index is -1.72. The molecule has 6 aliphatic rings. The number of phenolic OH excluding ortho intramolecular Hbond substituents is 1. The molecule has 0 amide bonds. The van der Waals surface area contributed by atoms with E-state index < -0.39 is 82.5 Å². The summed E-state index contributed by atoms with van der Waals surface area (Å²) < 4.78 is 35.3. The molecule has 2 aromatic rings. The number of ether oxygens (including phenoxy) is 6. The second-order valence-corrected chi connectivity index (χ2v) is 13.8. The van der Waals surface area contributed by atoms with Gasteiger partial charge in [-0.25, -0.2) is 9.59 Å². The van der Waals surface area contributed by atoms with Gasteiger partial charge in [0.05, 0.1) is 40.3 Å². The SMILES string of the molecule is COc1cc(C(=O)OC[C@H]2O[C@@H](O[C@]34CC5C3(COC(=O)c3ccccc3)C36C4(C)O[C@@]3(C)C[C@@]56O)[C@H](O)[C@@H](O)[C@@H]2O)ccc1O. The monoisotopic (exact) mass is 640 g/mol. The number of carbonyl (C=O) groups is 2. The van der Waals surface area contributed by atoms with Crippen LogP contribution in [0.5, 0.6) is 11.5 Å². The number of hydrogen-bond donors (Lipinski definition) is 5. The molecule has 0 aromatic heterocycles. The molecule has 0 bridgehead atoms. The number of rotatable bonds is 9. The average Bonchev–Trinajstić information content (AvgIpc) is 3.03. The van der Waals surface area contributed by atoms with Crippen molar-refractivity contribution in [3.63, 3.8) is 0 Å². The van der Waals surface area contributed by atoms with Crippen LogP contribution in [0, 0.1) is 16.7 Å². The van der Waals surface area contributed by atoms with Gasteiger partial charge >= 0.3 is 11.9 Å². The highest BCUT2D eigenvalue weighted by molar-refractivity contribution is 5.90. The van der Waals surface area contributed by atoms with Crippen molar-refractivity contribution in [2.75, 3.05) is 20.3 Å². The molecule has 2 aliphatic heterocycles. The van der Waals surface area contributed by atoms with E-state index in [0.29, 0.717) is 18.4 Å². The maximum absolute atomic E-state index is 13.0. The van der Waals surface area contributed by atoms with Gasteiger partial charge in [-0.15, -0.1) is 0 Å². The number of esters is 2. The van der Waals surface area contributed by atoms with Gasteiger partial charge in [-0.1, -0.05) is 18.2 Å². The number of aliphatic hydroxyl groups is 4. The number of carbonyl (C=O) groups excluding carboxylic acids is 2. The van der Waals surface area contributed by atoms with Crippen molar-refractivity contribution < 1.29 is 63.5 Å². The van der Waals surface area contributed by atoms with Crippen molar-refractivity contribution in [3.8, 4) is 11.5 Å². The molecule has 5 N–H and O–H groups in total. The van der Waals surface area contributed by atoms with Crippen molar-refractivity contribution in [1.29, 1.82) is 0 Å². The Morgan fingerprint density at radius 2 is 1.67 bits per heavy atom. The first-order valence-corrected chi connectivity index (χ1v) is 15.3. The third-order valence-electron chi connectivity index (χ3n) is 12.2. The zero-order valence-electron chi connectivity index (χ0n) is 25.4. The number of fused-ring (bicyclic) bond motifs is 2. The number of phenols is 1. The van der Waals surface area contributed by atoms with Crippen LogP contribution in [0.1, 0.15) is 47.4 Å². The molecule has 4 unspecified atom stereocenters. The quantitative estimate of drug-likeness (QED) is 0.241. The second kappa shape index (κ2) is 9.19. The van der Waals surface area contributed by atoms with E-state index in [1.54, 1.807) is 30.3 Å². The van der Waals surface area contributed by atoms with E-state index in [4.69, 9.17) is 28.4 Å². The molecule has 0 radical (unpaired) electrons. The molecule has 8 rings (SSSR count). The fourth-order valence-corrected chi connectivity index (χ4v) is 10.9. The highest BCUT2D eigenvalue weighted by Crippen LogP contribution is 3.06. The number of methoxy groups -OCH3 is 1. The van der Waals surface area contributed by atoms with Crippen LogP contribution in [0.25, 0.3) is 0 Å². The lowest BCUT2D eigenvalue weighted by atomic mass is 9.00. The topological polar surface area (TPSA) is 191 Å². The van der Waals surface area contributed by atoms with Crippen LogP contribution in [0.2, 0.25) is 0 Å². The normalized spacial score (nSPS) is 46.8. The summed E-state index contributed by atoms with van der Waals surface area (Å²) in [5.41, 5.74) is -5.01. The third-order valence-corrected chi connectivity index (χ3v) is 12.2. The van der Waals surface area contributed by atoms with Crippen molar-refractivity contribution in [2.45, 2.75) is 79.8 Å². The van der Waals surface area contributed by atoms with Gasteiger partial charge in [0.25, 0.3) is 0 Å². The zero-order valence-corrected chi connectivity index (χ0v) is 25.4. The summed E-state index contributed by atoms with van der Waals surface area (Å²) in [4.78, 5) is 25.8. The summed E-state index contributed by atoms with van der Waals surface area (Å²) in [5.74, 6) is -1.69. The van der Waals surface area contributed by atoms with Crippen LogP contribution < -0.4 is 4.74 Å². The van der Waals surface area contributed by atoms with Crippen molar-refractivity contribution in [3.05, 3.63) is 59.7 Å². The molecule has 4 saturated carbocycles. The molecule has 2 heterocycles. The molecule has 13 heteroatoms. The van der Waals surface area contributed by atoms with Crippen molar-refractivity contribution in [1.82, 2.24) is 0 Å². The van der Waals surface area contributed by atoms with Gasteiger partial charge in [0.15, 0.2) is 17.8 Å². The summed E-state index contributed by atoms with van der Waals surface area (Å²) in [7, 11) is 1.33. The summed E-state index contributed by atoms with van der Waals surface area (Å²) in [6.07, 6.45) is -7.04. The third kappa shape index (κ3) is 2.98. The van der Waals surface area contributed by atoms with E-state index in [2.05, 4.69) is 0 Å². The molecule has 6 fully saturated rings. The largest absolute Gasteiger partial charge is 0.504 e. The molecule has 4 aliphatic carbocycles. The average molecular weight is 641 g/mol. The molecule has 1 spiro atoms. The highest BCUT2D eigenvalue weighted by Gasteiger charge is 3.18. The first kappa shape index (κ1) is 30.1. The minimum absolute atomic E-state index is 0.0621. The Balaban J connectivity index is 1.03. The Morgan fingerprint density at radius 1 is 0.957 bits per heavy atom. The van der Waals surface area contributed by atoms with Gasteiger partial charge in [-0.05, 0) is 50.6 Å². The van der Waals surface area contributed by atoms with Gasteiger partial charge in [0.1, 0.15) is 48.8 Å². The summed E-state index contributed by atoms with van der Waals surface area (Å²) >= 11 is 0. The summed E-state index contributed by atoms with van der Waals surface area (Å²) in [6.45, 7) is 3.21. The predicted molar refractivity (Wildman–Crippen MR) is 153 cm³/mol. The van der Waals surface area contributed by atoms with Gasteiger partial charge in [0, 0.05) is 12.3 Å². The van der Waals surface area contributed by atoms with Gasteiger partial charge < -0.3 is 54.0 Å². The van der Waals surface area contributed by atoms with E-state index in [0.717, 1.165) is 0 Å². The number of hydrogen-bond acceptors (Lipinski definition) is 13. The molecule has 12 atom stereocenters. The Kier molecular flexibility index (Phi) is 6.01. The number of aliphatic hydroxyl groups excluding tert-OH is 3. The van der Waals surface area contributed by atoms with Crippen LogP contribution >= 0.6 is 0 Å². The fraction of sp³-hybridized carbons (Fsp3) is 0.576. The molecule has 2 aromatic carbocycles. The maximum Gasteiger partial charge on any atom is 0.338 e. The van der Waals surface area contributed by atoms with Crippen LogP contribution in [-0.2, 0) is 23.7 Å². The lowest BCUT2D eigenvalue weighted by Gasteiger charge is -3.10. The highest BCUT2D eigenvalue weighted by atomic mass is 16.7. The maximum atomic E-state index is 13.0. The summed E-state index contributed by atoms with van der Waals surface area (Å²) in [6, 6.07) is 12.5. The van der Waals surface area contributed by atoms with Crippen LogP contribution in [0.3, 0.4) is 0 Å². The molecule has 46 heavy (non-hydrogen) atoms. The fourth-order valence-electron chi connectivity index (χ4n) is 10.9. The molecule has 246 valence electrons. The smallest absolute Gasteiger partial charge is 0.338 e. The lowest BCUT2D eigenvalue weighted by Crippen LogP contribution is -3.22. The molecular formula is C33H36O13. The first-order chi connectivity index (χ1) is 21.8. The first-order valence-electron chi connectivity index (χ1n) is 15.3. The summed E-state index contributed by atoms with van der Waals surface area (Å²) in [5, 5.41) is 54.2. The Bertz CT molecular complexity index is 1630. The Labute approximate surface area is 263 Å². The standard InChI is InChI=1S/C33H36O13/c1-28-14-31(40)21-12-32(29(2,46-28)33(28,31)30(21,32)15-43-25(38)16-7-5-4-6-8-16)45-27-24(37)23(36)22(35)20(44-27)13-42-26(39)17-9-10-18(34)19(11-17)41-3/h4-11,20-24,27,34-37,40H,12-15H2,1-3H3/t20-,21?,22-,23+,24-,27+,28+,29?,30?,31-,32+,33?/m1/s1. The van der Waals surface area contributed by atoms with E-state index in [-0.39, 0.29) is 29.6 Å². The van der Waals surface area contributed by atoms with E-state index >= 15 is 0 Å². The second-order valence-electron chi connectivity index (χ2n) is 13.8. The van der Waals surface area contributed by atoms with Crippen molar-refractivity contribution >= 4 is 11.9 Å². The van der Waals surface area contributed by atoms with E-state index in [1.807, 2.05) is 13.8 Å². The van der Waals surface area contributed by atoms with Gasteiger partial charge in [0.2, 0.25) is 0 Å². The molecule has 2 saturated heterocycles. The van der Waals surface area contributed by atoms with Crippen molar-refractivity contribution in [2.24, 2.45) is 16.7 Å². The lowest BCUT2D eigenvalue weighted by molar-refractivity contribution is -0.734. The Morgan fingerprint density at radius 3 is 2.37 bits per heavy atom. The Hall–Kier alpha value is -3.30. The number of benzene rings is 2. The minimum Gasteiger partial charge on any atom is -0.504 e. The van der Waals surface area contributed by atoms with E-state index in [9.17, 15) is 35.1 Å². The zero-order chi connectivity index (χ0) is 32.7. The van der Waals surface area contributed by atoms with E-state index in [1.165, 1.54) is 25.3 Å². The predicted octanol–water partition coefficient (Wildman–Crippen LogP) is 0.680. The number of aromatic hydroxyl groups is 1. The van der Waals surface area contributed by atoms with Crippen LogP contribution in [0.15, 0.2) is 48.5 Å². The van der Waals surface area contributed by atoms with Crippen LogP contribution in [0.4, 0.5) is 0 Å². The van der Waals surface area contributed by atoms with Gasteiger partial charge in [-0.2, -0.15) is 0 Å².